The monoisotopic (exact) mass is 255 g/mol. The molecule has 1 rings (SSSR count). The van der Waals surface area contributed by atoms with Crippen molar-refractivity contribution in [3.05, 3.63) is 23.8 Å². The minimum Gasteiger partial charge on any atom is -0.399 e. The van der Waals surface area contributed by atoms with Crippen molar-refractivity contribution in [3.8, 4) is 0 Å². The van der Waals surface area contributed by atoms with Gasteiger partial charge in [0.15, 0.2) is 9.84 Å². The number of hydrogen-bond donors (Lipinski definition) is 1. The minimum absolute atomic E-state index is 0.217. The van der Waals surface area contributed by atoms with Gasteiger partial charge >= 0.3 is 0 Å². The van der Waals surface area contributed by atoms with Crippen LogP contribution in [0.1, 0.15) is 32.3 Å². The first-order valence-corrected chi connectivity index (χ1v) is 7.57. The topological polar surface area (TPSA) is 60.2 Å². The number of sulfone groups is 1. The zero-order chi connectivity index (χ0) is 13.1. The van der Waals surface area contributed by atoms with Crippen LogP contribution >= 0.6 is 0 Å². The Hall–Kier alpha value is -1.03. The lowest BCUT2D eigenvalue weighted by molar-refractivity contribution is 0.560. The highest BCUT2D eigenvalue weighted by atomic mass is 32.2. The van der Waals surface area contributed by atoms with E-state index in [1.807, 2.05) is 6.92 Å². The third-order valence-corrected chi connectivity index (χ3v) is 4.59. The second kappa shape index (κ2) is 5.54. The summed E-state index contributed by atoms with van der Waals surface area (Å²) in [6.07, 6.45) is 1.65. The van der Waals surface area contributed by atoms with Gasteiger partial charge in [-0.05, 0) is 49.4 Å². The number of aryl methyl sites for hydroxylation is 1. The van der Waals surface area contributed by atoms with E-state index in [0.717, 1.165) is 12.0 Å². The van der Waals surface area contributed by atoms with Gasteiger partial charge in [-0.15, -0.1) is 0 Å². The molecule has 0 aliphatic heterocycles. The van der Waals surface area contributed by atoms with Crippen molar-refractivity contribution < 1.29 is 8.42 Å². The smallest absolute Gasteiger partial charge is 0.178 e. The lowest BCUT2D eigenvalue weighted by Gasteiger charge is -2.08. The van der Waals surface area contributed by atoms with Crippen LogP contribution in [0.3, 0.4) is 0 Å². The summed E-state index contributed by atoms with van der Waals surface area (Å²) in [5.74, 6) is 0.757. The molecule has 4 heteroatoms. The van der Waals surface area contributed by atoms with Gasteiger partial charge in [0.25, 0.3) is 0 Å². The van der Waals surface area contributed by atoms with E-state index in [1.165, 1.54) is 0 Å². The molecule has 17 heavy (non-hydrogen) atoms. The van der Waals surface area contributed by atoms with Crippen molar-refractivity contribution >= 4 is 15.5 Å². The van der Waals surface area contributed by atoms with Gasteiger partial charge in [0.1, 0.15) is 0 Å². The first-order chi connectivity index (χ1) is 7.83. The third kappa shape index (κ3) is 4.04. The molecule has 0 aliphatic rings. The number of rotatable bonds is 5. The van der Waals surface area contributed by atoms with E-state index in [2.05, 4.69) is 13.8 Å². The van der Waals surface area contributed by atoms with Gasteiger partial charge in [-0.3, -0.25) is 0 Å². The molecule has 0 aromatic heterocycles. The second-order valence-corrected chi connectivity index (χ2v) is 6.98. The Morgan fingerprint density at radius 2 is 1.94 bits per heavy atom. The zero-order valence-electron chi connectivity index (χ0n) is 10.7. The first-order valence-electron chi connectivity index (χ1n) is 5.92. The molecule has 96 valence electrons. The molecular formula is C13H21NO2S. The fraction of sp³-hybridized carbons (Fsp3) is 0.538. The van der Waals surface area contributed by atoms with Crippen LogP contribution in [-0.4, -0.2) is 14.2 Å². The van der Waals surface area contributed by atoms with Gasteiger partial charge < -0.3 is 5.73 Å². The average molecular weight is 255 g/mol. The molecule has 0 amide bonds. The van der Waals surface area contributed by atoms with Crippen molar-refractivity contribution in [1.29, 1.82) is 0 Å². The SMILES string of the molecule is Cc1cc(S(=O)(=O)CCCC(C)C)ccc1N. The Morgan fingerprint density at radius 3 is 2.47 bits per heavy atom. The maximum absolute atomic E-state index is 12.0. The maximum atomic E-state index is 12.0. The summed E-state index contributed by atoms with van der Waals surface area (Å²) in [5.41, 5.74) is 7.12. The highest BCUT2D eigenvalue weighted by molar-refractivity contribution is 7.91. The molecule has 0 atom stereocenters. The summed E-state index contributed by atoms with van der Waals surface area (Å²) >= 11 is 0. The van der Waals surface area contributed by atoms with Crippen LogP contribution in [0.15, 0.2) is 23.1 Å². The summed E-state index contributed by atoms with van der Waals surface area (Å²) in [5, 5.41) is 0. The summed E-state index contributed by atoms with van der Waals surface area (Å²) in [4.78, 5) is 0.382. The van der Waals surface area contributed by atoms with Crippen molar-refractivity contribution in [2.24, 2.45) is 5.92 Å². The van der Waals surface area contributed by atoms with Crippen LogP contribution in [0.2, 0.25) is 0 Å². The number of benzene rings is 1. The van der Waals surface area contributed by atoms with Crippen molar-refractivity contribution in [3.63, 3.8) is 0 Å². The number of hydrogen-bond acceptors (Lipinski definition) is 3. The molecule has 1 aromatic rings. The molecular weight excluding hydrogens is 234 g/mol. The molecule has 3 nitrogen and oxygen atoms in total. The lowest BCUT2D eigenvalue weighted by Crippen LogP contribution is -2.08. The van der Waals surface area contributed by atoms with Crippen LogP contribution in [0, 0.1) is 12.8 Å². The first kappa shape index (κ1) is 14.0. The lowest BCUT2D eigenvalue weighted by atomic mass is 10.1. The quantitative estimate of drug-likeness (QED) is 0.823. The summed E-state index contributed by atoms with van der Waals surface area (Å²) in [7, 11) is -3.15. The largest absolute Gasteiger partial charge is 0.399 e. The Kier molecular flexibility index (Phi) is 4.57. The third-order valence-electron chi connectivity index (χ3n) is 2.79. The minimum atomic E-state index is -3.15. The molecule has 0 spiro atoms. The Bertz CT molecular complexity index is 478. The predicted molar refractivity (Wildman–Crippen MR) is 71.7 cm³/mol. The molecule has 0 radical (unpaired) electrons. The van der Waals surface area contributed by atoms with Gasteiger partial charge in [-0.1, -0.05) is 13.8 Å². The molecule has 0 saturated heterocycles. The van der Waals surface area contributed by atoms with Crippen LogP contribution in [0.5, 0.6) is 0 Å². The van der Waals surface area contributed by atoms with Gasteiger partial charge in [0, 0.05) is 5.69 Å². The number of nitrogens with two attached hydrogens (primary N) is 1. The van der Waals surface area contributed by atoms with E-state index >= 15 is 0 Å². The van der Waals surface area contributed by atoms with Gasteiger partial charge in [-0.2, -0.15) is 0 Å². The Labute approximate surface area is 104 Å². The van der Waals surface area contributed by atoms with Crippen molar-refractivity contribution in [2.45, 2.75) is 38.5 Å². The molecule has 2 N–H and O–H groups in total. The normalized spacial score (nSPS) is 12.0. The number of nitrogen functional groups attached to an aromatic ring is 1. The molecule has 0 aliphatic carbocycles. The molecule has 0 heterocycles. The van der Waals surface area contributed by atoms with E-state index in [9.17, 15) is 8.42 Å². The second-order valence-electron chi connectivity index (χ2n) is 4.87. The van der Waals surface area contributed by atoms with E-state index in [-0.39, 0.29) is 5.75 Å². The van der Waals surface area contributed by atoms with E-state index in [4.69, 9.17) is 5.73 Å². The van der Waals surface area contributed by atoms with E-state index in [1.54, 1.807) is 18.2 Å². The molecule has 0 unspecified atom stereocenters. The summed E-state index contributed by atoms with van der Waals surface area (Å²) < 4.78 is 24.1. The predicted octanol–water partition coefficient (Wildman–Crippen LogP) is 2.79. The van der Waals surface area contributed by atoms with Crippen molar-refractivity contribution in [2.75, 3.05) is 11.5 Å². The van der Waals surface area contributed by atoms with Crippen LogP contribution in [-0.2, 0) is 9.84 Å². The van der Waals surface area contributed by atoms with E-state index < -0.39 is 9.84 Å². The van der Waals surface area contributed by atoms with Crippen LogP contribution in [0.4, 0.5) is 5.69 Å². The zero-order valence-corrected chi connectivity index (χ0v) is 11.5. The molecule has 0 saturated carbocycles. The fourth-order valence-corrected chi connectivity index (χ4v) is 3.06. The van der Waals surface area contributed by atoms with Crippen molar-refractivity contribution in [1.82, 2.24) is 0 Å². The van der Waals surface area contributed by atoms with E-state index in [0.29, 0.717) is 22.9 Å². The summed E-state index contributed by atoms with van der Waals surface area (Å²) in [6.45, 7) is 6.02. The summed E-state index contributed by atoms with van der Waals surface area (Å²) in [6, 6.07) is 4.90. The van der Waals surface area contributed by atoms with Crippen LogP contribution in [0.25, 0.3) is 0 Å². The van der Waals surface area contributed by atoms with Gasteiger partial charge in [0.2, 0.25) is 0 Å². The fourth-order valence-electron chi connectivity index (χ4n) is 1.64. The molecule has 0 bridgehead atoms. The Morgan fingerprint density at radius 1 is 1.29 bits per heavy atom. The molecule has 0 fully saturated rings. The Balaban J connectivity index is 2.79. The van der Waals surface area contributed by atoms with Crippen LogP contribution < -0.4 is 5.73 Å². The highest BCUT2D eigenvalue weighted by Crippen LogP contribution is 2.19. The van der Waals surface area contributed by atoms with Gasteiger partial charge in [0.05, 0.1) is 10.6 Å². The molecule has 1 aromatic carbocycles. The number of anilines is 1. The maximum Gasteiger partial charge on any atom is 0.178 e. The van der Waals surface area contributed by atoms with Gasteiger partial charge in [-0.25, -0.2) is 8.42 Å². The average Bonchev–Trinajstić information content (AvgIpc) is 2.21. The standard InChI is InChI=1S/C13H21NO2S/c1-10(2)5-4-8-17(15,16)12-6-7-13(14)11(3)9-12/h6-7,9-10H,4-5,8,14H2,1-3H3. The highest BCUT2D eigenvalue weighted by Gasteiger charge is 2.14.